The molecule has 7 nitrogen and oxygen atoms in total. The predicted molar refractivity (Wildman–Crippen MR) is 148 cm³/mol. The van der Waals surface area contributed by atoms with Crippen LogP contribution < -0.4 is 15.4 Å². The zero-order valence-corrected chi connectivity index (χ0v) is 22.0. The van der Waals surface area contributed by atoms with Crippen molar-refractivity contribution in [3.05, 3.63) is 99.9 Å². The third-order valence-electron chi connectivity index (χ3n) is 6.42. The van der Waals surface area contributed by atoms with E-state index in [1.165, 1.54) is 0 Å². The Balaban J connectivity index is 1.32. The lowest BCUT2D eigenvalue weighted by atomic mass is 10.1. The van der Waals surface area contributed by atoms with E-state index < -0.39 is 10.0 Å². The molecule has 1 aliphatic carbocycles. The molecule has 2 aromatic heterocycles. The quantitative estimate of drug-likeness (QED) is 0.261. The molecule has 2 aromatic carbocycles. The van der Waals surface area contributed by atoms with E-state index in [1.807, 2.05) is 54.8 Å². The van der Waals surface area contributed by atoms with Gasteiger partial charge in [0.15, 0.2) is 5.82 Å². The van der Waals surface area contributed by atoms with Crippen LogP contribution in [0, 0.1) is 0 Å². The van der Waals surface area contributed by atoms with Crippen molar-refractivity contribution >= 4 is 44.5 Å². The Hall–Kier alpha value is -3.53. The van der Waals surface area contributed by atoms with E-state index in [0.717, 1.165) is 40.1 Å². The lowest BCUT2D eigenvalue weighted by Crippen LogP contribution is -2.27. The normalized spacial score (nSPS) is 14.8. The third kappa shape index (κ3) is 5.90. The number of carbonyl (C=O) groups is 1. The molecule has 0 saturated carbocycles. The zero-order chi connectivity index (χ0) is 25.8. The van der Waals surface area contributed by atoms with Crippen LogP contribution in [0.1, 0.15) is 41.0 Å². The second-order valence-corrected chi connectivity index (χ2v) is 11.7. The fourth-order valence-corrected chi connectivity index (χ4v) is 6.42. The molecule has 5 rings (SSSR count). The number of sulfonamides is 1. The number of rotatable bonds is 9. The number of anilines is 3. The number of benzene rings is 2. The van der Waals surface area contributed by atoms with Crippen LogP contribution >= 0.6 is 11.3 Å². The monoisotopic (exact) mass is 532 g/mol. The maximum absolute atomic E-state index is 13.1. The average Bonchev–Trinajstić information content (AvgIpc) is 3.55. The maximum atomic E-state index is 13.1. The fourth-order valence-electron chi connectivity index (χ4n) is 4.47. The summed E-state index contributed by atoms with van der Waals surface area (Å²) >= 11 is 1.54. The molecule has 1 unspecified atom stereocenters. The first-order chi connectivity index (χ1) is 17.9. The van der Waals surface area contributed by atoms with E-state index in [9.17, 15) is 13.2 Å². The van der Waals surface area contributed by atoms with Gasteiger partial charge in [-0.15, -0.1) is 11.3 Å². The molecule has 0 bridgehead atoms. The molecule has 1 amide bonds. The Morgan fingerprint density at radius 3 is 2.68 bits per heavy atom. The lowest BCUT2D eigenvalue weighted by Gasteiger charge is -2.17. The van der Waals surface area contributed by atoms with Gasteiger partial charge in [0.25, 0.3) is 0 Å². The SMILES string of the molecule is CCc1ccc(S(=O)(=O)NC2CCc3ccc(Nc4ncccc4NC(=O)Cc4cccs4)cc32)cc1. The van der Waals surface area contributed by atoms with Crippen molar-refractivity contribution in [1.82, 2.24) is 9.71 Å². The molecule has 0 saturated heterocycles. The molecule has 1 aliphatic rings. The van der Waals surface area contributed by atoms with E-state index in [-0.39, 0.29) is 16.8 Å². The summed E-state index contributed by atoms with van der Waals surface area (Å²) in [6.07, 6.45) is 4.30. The Bertz CT molecular complexity index is 1500. The number of aryl methyl sites for hydroxylation is 2. The highest BCUT2D eigenvalue weighted by Gasteiger charge is 2.28. The van der Waals surface area contributed by atoms with Gasteiger partial charge >= 0.3 is 0 Å². The van der Waals surface area contributed by atoms with E-state index in [0.29, 0.717) is 24.3 Å². The zero-order valence-electron chi connectivity index (χ0n) is 20.4. The summed E-state index contributed by atoms with van der Waals surface area (Å²) in [5.41, 5.74) is 4.50. The summed E-state index contributed by atoms with van der Waals surface area (Å²) < 4.78 is 29.0. The lowest BCUT2D eigenvalue weighted by molar-refractivity contribution is -0.115. The maximum Gasteiger partial charge on any atom is 0.241 e. The first-order valence-corrected chi connectivity index (χ1v) is 14.6. The highest BCUT2D eigenvalue weighted by atomic mass is 32.2. The third-order valence-corrected chi connectivity index (χ3v) is 8.79. The van der Waals surface area contributed by atoms with Gasteiger partial charge in [-0.3, -0.25) is 4.79 Å². The second-order valence-electron chi connectivity index (χ2n) is 8.95. The standard InChI is InChI=1S/C28H28N4O3S2/c1-2-19-7-12-23(13-8-19)37(34,35)32-25-14-10-20-9-11-21(17-24(20)25)30-28-26(6-3-15-29-28)31-27(33)18-22-5-4-16-36-22/h3-9,11-13,15-17,25,32H,2,10,14,18H2,1H3,(H,29,30)(H,31,33). The Labute approximate surface area is 221 Å². The van der Waals surface area contributed by atoms with Gasteiger partial charge in [0.2, 0.25) is 15.9 Å². The number of pyridine rings is 1. The van der Waals surface area contributed by atoms with Crippen molar-refractivity contribution in [2.45, 2.75) is 43.5 Å². The van der Waals surface area contributed by atoms with Gasteiger partial charge in [0.05, 0.1) is 17.0 Å². The van der Waals surface area contributed by atoms with E-state index in [1.54, 1.807) is 41.8 Å². The van der Waals surface area contributed by atoms with Crippen molar-refractivity contribution < 1.29 is 13.2 Å². The van der Waals surface area contributed by atoms with Crippen LogP contribution in [0.25, 0.3) is 0 Å². The van der Waals surface area contributed by atoms with E-state index in [4.69, 9.17) is 0 Å². The first kappa shape index (κ1) is 25.1. The van der Waals surface area contributed by atoms with Gasteiger partial charge < -0.3 is 10.6 Å². The van der Waals surface area contributed by atoms with Gasteiger partial charge in [-0.05, 0) is 83.8 Å². The summed E-state index contributed by atoms with van der Waals surface area (Å²) in [6, 6.07) is 20.0. The minimum atomic E-state index is -3.65. The first-order valence-electron chi connectivity index (χ1n) is 12.2. The fraction of sp³-hybridized carbons (Fsp3) is 0.214. The predicted octanol–water partition coefficient (Wildman–Crippen LogP) is 5.60. The minimum Gasteiger partial charge on any atom is -0.338 e. The molecule has 0 radical (unpaired) electrons. The topological polar surface area (TPSA) is 100 Å². The summed E-state index contributed by atoms with van der Waals surface area (Å²) in [4.78, 5) is 18.2. The summed E-state index contributed by atoms with van der Waals surface area (Å²) in [7, 11) is -3.65. The van der Waals surface area contributed by atoms with Gasteiger partial charge in [0.1, 0.15) is 0 Å². The van der Waals surface area contributed by atoms with E-state index in [2.05, 4.69) is 20.3 Å². The summed E-state index contributed by atoms with van der Waals surface area (Å²) in [6.45, 7) is 2.04. The Morgan fingerprint density at radius 1 is 1.08 bits per heavy atom. The van der Waals surface area contributed by atoms with Crippen LogP contribution in [0.15, 0.2) is 83.2 Å². The van der Waals surface area contributed by atoms with Crippen molar-refractivity contribution in [1.29, 1.82) is 0 Å². The van der Waals surface area contributed by atoms with Crippen molar-refractivity contribution in [3.8, 4) is 0 Å². The number of hydrogen-bond acceptors (Lipinski definition) is 6. The highest BCUT2D eigenvalue weighted by Crippen LogP contribution is 2.35. The number of aromatic nitrogens is 1. The van der Waals surface area contributed by atoms with Gasteiger partial charge in [0, 0.05) is 22.8 Å². The highest BCUT2D eigenvalue weighted by molar-refractivity contribution is 7.89. The molecule has 0 spiro atoms. The summed E-state index contributed by atoms with van der Waals surface area (Å²) in [5.74, 6) is 0.405. The minimum absolute atomic E-state index is 0.117. The number of nitrogens with one attached hydrogen (secondary N) is 3. The van der Waals surface area contributed by atoms with Crippen molar-refractivity contribution in [3.63, 3.8) is 0 Å². The molecule has 190 valence electrons. The Morgan fingerprint density at radius 2 is 1.92 bits per heavy atom. The van der Waals surface area contributed by atoms with Crippen molar-refractivity contribution in [2.24, 2.45) is 0 Å². The molecule has 9 heteroatoms. The van der Waals surface area contributed by atoms with Crippen molar-refractivity contribution in [2.75, 3.05) is 10.6 Å². The van der Waals surface area contributed by atoms with Crippen LogP contribution in [-0.2, 0) is 34.1 Å². The largest absolute Gasteiger partial charge is 0.338 e. The molecule has 0 aliphatic heterocycles. The van der Waals surface area contributed by atoms with Gasteiger partial charge in [-0.25, -0.2) is 18.1 Å². The summed E-state index contributed by atoms with van der Waals surface area (Å²) in [5, 5.41) is 8.18. The van der Waals surface area contributed by atoms with E-state index >= 15 is 0 Å². The Kier molecular flexibility index (Phi) is 7.36. The second kappa shape index (κ2) is 10.8. The number of fused-ring (bicyclic) bond motifs is 1. The smallest absolute Gasteiger partial charge is 0.241 e. The molecule has 2 heterocycles. The van der Waals surface area contributed by atoms with Gasteiger partial charge in [-0.2, -0.15) is 0 Å². The van der Waals surface area contributed by atoms with Crippen LogP contribution in [0.2, 0.25) is 0 Å². The number of carbonyl (C=O) groups excluding carboxylic acids is 1. The molecular weight excluding hydrogens is 504 g/mol. The molecule has 37 heavy (non-hydrogen) atoms. The number of hydrogen-bond donors (Lipinski definition) is 3. The number of nitrogens with zero attached hydrogens (tertiary/aromatic N) is 1. The van der Waals surface area contributed by atoms with Crippen LogP contribution in [-0.4, -0.2) is 19.3 Å². The molecular formula is C28H28N4O3S2. The number of amides is 1. The van der Waals surface area contributed by atoms with Gasteiger partial charge in [-0.1, -0.05) is 31.2 Å². The molecule has 1 atom stereocenters. The number of thiophene rings is 1. The van der Waals surface area contributed by atoms with Crippen LogP contribution in [0.4, 0.5) is 17.2 Å². The average molecular weight is 533 g/mol. The molecule has 0 fully saturated rings. The molecule has 3 N–H and O–H groups in total. The molecule has 4 aromatic rings. The van der Waals surface area contributed by atoms with Crippen LogP contribution in [0.3, 0.4) is 0 Å². The van der Waals surface area contributed by atoms with Crippen LogP contribution in [0.5, 0.6) is 0 Å².